The lowest BCUT2D eigenvalue weighted by molar-refractivity contribution is -0.128. The maximum Gasteiger partial charge on any atom is 0.410 e. The Bertz CT molecular complexity index is 1280. The second-order valence-electron chi connectivity index (χ2n) is 9.53. The molecule has 1 heterocycles. The Morgan fingerprint density at radius 1 is 1.11 bits per heavy atom. The molecule has 3 rings (SSSR count). The van der Waals surface area contributed by atoms with Gasteiger partial charge in [-0.25, -0.2) is 4.79 Å². The van der Waals surface area contributed by atoms with Crippen LogP contribution in [0.3, 0.4) is 0 Å². The number of fused-ring (bicyclic) bond motifs is 1. The fourth-order valence-electron chi connectivity index (χ4n) is 3.83. The molecule has 0 fully saturated rings. The van der Waals surface area contributed by atoms with E-state index in [0.717, 1.165) is 22.5 Å². The molecule has 2 aromatic carbocycles. The van der Waals surface area contributed by atoms with E-state index >= 15 is 0 Å². The Morgan fingerprint density at radius 2 is 1.81 bits per heavy atom. The van der Waals surface area contributed by atoms with Gasteiger partial charge in [0.25, 0.3) is 0 Å². The third kappa shape index (κ3) is 7.68. The number of aliphatic hydroxyl groups is 1. The van der Waals surface area contributed by atoms with Crippen molar-refractivity contribution in [2.24, 2.45) is 5.41 Å². The van der Waals surface area contributed by atoms with Crippen molar-refractivity contribution in [1.82, 2.24) is 14.8 Å². The molecule has 0 radical (unpaired) electrons. The van der Waals surface area contributed by atoms with Crippen LogP contribution in [0.2, 0.25) is 0 Å². The van der Waals surface area contributed by atoms with Crippen LogP contribution >= 0.6 is 11.3 Å². The summed E-state index contributed by atoms with van der Waals surface area (Å²) >= 11 is 1.00. The summed E-state index contributed by atoms with van der Waals surface area (Å²) in [4.78, 5) is 42.9. The highest BCUT2D eigenvalue weighted by Gasteiger charge is 2.25. The number of carbonyl (C=O) groups is 2. The summed E-state index contributed by atoms with van der Waals surface area (Å²) in [5, 5.41) is 19.7. The Labute approximate surface area is 219 Å². The predicted octanol–water partition coefficient (Wildman–Crippen LogP) is 3.51. The zero-order valence-corrected chi connectivity index (χ0v) is 21.9. The second-order valence-corrected chi connectivity index (χ2v) is 10.5. The molecule has 0 spiro atoms. The van der Waals surface area contributed by atoms with Crippen molar-refractivity contribution in [3.05, 3.63) is 75.9 Å². The number of hydrogen-bond acceptors (Lipinski definition) is 7. The zero-order valence-electron chi connectivity index (χ0n) is 21.1. The molecule has 198 valence electrons. The number of thiazole rings is 1. The minimum Gasteiger partial charge on any atom is -0.506 e. The molecule has 0 saturated carbocycles. The van der Waals surface area contributed by atoms with E-state index in [4.69, 9.17) is 4.74 Å². The smallest absolute Gasteiger partial charge is 0.410 e. The van der Waals surface area contributed by atoms with Crippen molar-refractivity contribution in [1.29, 1.82) is 0 Å². The van der Waals surface area contributed by atoms with Crippen LogP contribution < -0.4 is 4.87 Å². The van der Waals surface area contributed by atoms with E-state index in [9.17, 15) is 24.6 Å². The Kier molecular flexibility index (Phi) is 9.48. The van der Waals surface area contributed by atoms with Gasteiger partial charge >= 0.3 is 11.0 Å². The number of benzene rings is 2. The maximum absolute atomic E-state index is 13.1. The van der Waals surface area contributed by atoms with Crippen LogP contribution in [0.15, 0.2) is 59.9 Å². The van der Waals surface area contributed by atoms with Crippen molar-refractivity contribution >= 4 is 33.6 Å². The quantitative estimate of drug-likeness (QED) is 0.310. The van der Waals surface area contributed by atoms with Crippen molar-refractivity contribution in [2.45, 2.75) is 26.9 Å². The first-order valence-electron chi connectivity index (χ1n) is 11.9. The number of aromatic hydroxyl groups is 1. The zero-order chi connectivity index (χ0) is 27.0. The van der Waals surface area contributed by atoms with Gasteiger partial charge < -0.3 is 29.7 Å². The van der Waals surface area contributed by atoms with Crippen molar-refractivity contribution < 1.29 is 24.5 Å². The van der Waals surface area contributed by atoms with E-state index in [0.29, 0.717) is 16.6 Å². The van der Waals surface area contributed by atoms with Crippen LogP contribution in [0, 0.1) is 5.41 Å². The first-order chi connectivity index (χ1) is 17.6. The van der Waals surface area contributed by atoms with Crippen LogP contribution in [0.4, 0.5) is 4.79 Å². The monoisotopic (exact) mass is 527 g/mol. The Hall–Kier alpha value is -3.63. The fourth-order valence-corrected chi connectivity index (χ4v) is 4.73. The number of rotatable bonds is 12. The number of phenolic OH excluding ortho intramolecular Hbond substituents is 1. The number of aliphatic hydroxyl groups excluding tert-OH is 1. The molecular weight excluding hydrogens is 494 g/mol. The molecule has 9 nitrogen and oxygen atoms in total. The van der Waals surface area contributed by atoms with Gasteiger partial charge in [0.15, 0.2) is 0 Å². The minimum atomic E-state index is -0.534. The van der Waals surface area contributed by atoms with Crippen LogP contribution in [0.1, 0.15) is 25.0 Å². The largest absolute Gasteiger partial charge is 0.506 e. The van der Waals surface area contributed by atoms with E-state index in [-0.39, 0.29) is 55.9 Å². The minimum absolute atomic E-state index is 0.0127. The summed E-state index contributed by atoms with van der Waals surface area (Å²) in [6.07, 6.45) is 1.09. The molecule has 0 aliphatic rings. The number of carbonyl (C=O) groups excluding carboxylic acids is 2. The molecule has 0 saturated heterocycles. The number of H-pyrrole nitrogens is 1. The van der Waals surface area contributed by atoms with Crippen molar-refractivity contribution in [2.75, 3.05) is 32.8 Å². The highest BCUT2D eigenvalue weighted by Crippen LogP contribution is 2.28. The van der Waals surface area contributed by atoms with Crippen molar-refractivity contribution in [3.63, 3.8) is 0 Å². The van der Waals surface area contributed by atoms with E-state index < -0.39 is 11.5 Å². The van der Waals surface area contributed by atoms with Crippen LogP contribution in [-0.4, -0.2) is 69.8 Å². The number of amides is 2. The van der Waals surface area contributed by atoms with E-state index in [2.05, 4.69) is 11.6 Å². The predicted molar refractivity (Wildman–Crippen MR) is 144 cm³/mol. The summed E-state index contributed by atoms with van der Waals surface area (Å²) in [5.41, 5.74) is 1.50. The lowest BCUT2D eigenvalue weighted by Crippen LogP contribution is -2.45. The molecule has 1 aromatic heterocycles. The summed E-state index contributed by atoms with van der Waals surface area (Å²) in [6, 6.07) is 12.6. The molecule has 0 aliphatic carbocycles. The molecule has 3 aromatic rings. The van der Waals surface area contributed by atoms with Crippen LogP contribution in [0.5, 0.6) is 5.75 Å². The number of nitrogens with one attached hydrogen (secondary N) is 1. The lowest BCUT2D eigenvalue weighted by Gasteiger charge is -2.32. The SMILES string of the molecule is C=CC(=O)N(CCN(CCc1ccc(O)c2[nH]c(=O)sc12)C(=O)OCc1ccccc1)CC(C)(C)CO. The number of aromatic amines is 1. The van der Waals surface area contributed by atoms with Gasteiger partial charge in [-0.3, -0.25) is 9.59 Å². The van der Waals surface area contributed by atoms with Crippen LogP contribution in [-0.2, 0) is 22.6 Å². The number of aromatic nitrogens is 1. The van der Waals surface area contributed by atoms with Crippen molar-refractivity contribution in [3.8, 4) is 5.75 Å². The molecule has 3 N–H and O–H groups in total. The molecule has 2 amide bonds. The van der Waals surface area contributed by atoms with E-state index in [1.54, 1.807) is 11.0 Å². The molecule has 37 heavy (non-hydrogen) atoms. The van der Waals surface area contributed by atoms with Gasteiger partial charge in [0.1, 0.15) is 17.9 Å². The Balaban J connectivity index is 1.77. The third-order valence-corrected chi connectivity index (χ3v) is 6.88. The third-order valence-electron chi connectivity index (χ3n) is 5.93. The standard InChI is InChI=1S/C27H33N3O6S/c1-4-22(33)30(17-27(2,3)18-31)15-14-29(26(35)36-16-19-8-6-5-7-9-19)13-12-20-10-11-21(32)23-24(20)37-25(34)28-23/h4-11,31-32H,1,12-18H2,2-3H3,(H,28,34). The molecule has 0 unspecified atom stereocenters. The Morgan fingerprint density at radius 3 is 2.49 bits per heavy atom. The summed E-state index contributed by atoms with van der Waals surface area (Å²) in [6.45, 7) is 8.23. The van der Waals surface area contributed by atoms with Gasteiger partial charge in [-0.1, -0.05) is 68.2 Å². The highest BCUT2D eigenvalue weighted by molar-refractivity contribution is 7.16. The van der Waals surface area contributed by atoms with Crippen LogP contribution in [0.25, 0.3) is 10.2 Å². The average molecular weight is 528 g/mol. The summed E-state index contributed by atoms with van der Waals surface area (Å²) < 4.78 is 6.20. The molecule has 0 aliphatic heterocycles. The number of ether oxygens (including phenoxy) is 1. The second kappa shape index (κ2) is 12.6. The van der Waals surface area contributed by atoms with Gasteiger partial charge in [-0.2, -0.15) is 0 Å². The van der Waals surface area contributed by atoms with Gasteiger partial charge in [-0.15, -0.1) is 0 Å². The van der Waals surface area contributed by atoms with Gasteiger partial charge in [-0.05, 0) is 29.7 Å². The average Bonchev–Trinajstić information content (AvgIpc) is 3.30. The van der Waals surface area contributed by atoms with Gasteiger partial charge in [0, 0.05) is 38.2 Å². The first kappa shape index (κ1) is 27.9. The number of phenols is 1. The first-order valence-corrected chi connectivity index (χ1v) is 12.8. The molecule has 10 heteroatoms. The van der Waals surface area contributed by atoms with Gasteiger partial charge in [0.2, 0.25) is 5.91 Å². The number of nitrogens with zero attached hydrogens (tertiary/aromatic N) is 2. The van der Waals surface area contributed by atoms with Gasteiger partial charge in [0.05, 0.1) is 4.70 Å². The van der Waals surface area contributed by atoms with E-state index in [1.165, 1.54) is 17.0 Å². The topological polar surface area (TPSA) is 123 Å². The highest BCUT2D eigenvalue weighted by atomic mass is 32.1. The normalized spacial score (nSPS) is 11.3. The molecule has 0 bridgehead atoms. The summed E-state index contributed by atoms with van der Waals surface area (Å²) in [7, 11) is 0. The maximum atomic E-state index is 13.1. The fraction of sp³-hybridized carbons (Fsp3) is 0.370. The lowest BCUT2D eigenvalue weighted by atomic mass is 9.94. The van der Waals surface area contributed by atoms with E-state index in [1.807, 2.05) is 44.2 Å². The summed E-state index contributed by atoms with van der Waals surface area (Å²) in [5.74, 6) is -0.308. The molecular formula is C27H33N3O6S. The number of hydrogen-bond donors (Lipinski definition) is 3. The molecule has 0 atom stereocenters.